The molecule has 142 valence electrons. The number of carbonyl (C=O) groups excluding carboxylic acids is 1. The van der Waals surface area contributed by atoms with E-state index in [4.69, 9.17) is 0 Å². The molecule has 0 radical (unpaired) electrons. The molecule has 0 atom stereocenters. The zero-order valence-corrected chi connectivity index (χ0v) is 16.2. The monoisotopic (exact) mass is 395 g/mol. The Hall–Kier alpha value is -2.79. The average molecular weight is 395 g/mol. The number of para-hydroxylation sites is 1. The first-order valence-electron chi connectivity index (χ1n) is 9.12. The number of aryl methyl sites for hydroxylation is 1. The number of aromatic nitrogens is 1. The summed E-state index contributed by atoms with van der Waals surface area (Å²) in [4.78, 5) is 14.3. The van der Waals surface area contributed by atoms with E-state index < -0.39 is 11.6 Å². The van der Waals surface area contributed by atoms with Crippen LogP contribution in [0.2, 0.25) is 0 Å². The minimum absolute atomic E-state index is 0.0170. The molecule has 5 heteroatoms. The van der Waals surface area contributed by atoms with E-state index in [9.17, 15) is 13.6 Å². The highest BCUT2D eigenvalue weighted by atomic mass is 32.1. The lowest BCUT2D eigenvalue weighted by atomic mass is 10.0. The van der Waals surface area contributed by atoms with Crippen LogP contribution in [-0.2, 0) is 13.0 Å². The van der Waals surface area contributed by atoms with Crippen molar-refractivity contribution in [1.29, 1.82) is 0 Å². The second-order valence-electron chi connectivity index (χ2n) is 6.81. The SMILES string of the molecule is Cc1c(C(=O)CCc2ccc(F)c(F)c2)c2ccccc2n1Cc1cccs1. The molecular formula is C23H19F2NOS. The molecule has 0 aliphatic heterocycles. The van der Waals surface area contributed by atoms with Crippen LogP contribution in [0.3, 0.4) is 0 Å². The highest BCUT2D eigenvalue weighted by Gasteiger charge is 2.20. The minimum atomic E-state index is -0.881. The Kier molecular flexibility index (Phi) is 5.09. The molecule has 4 aromatic rings. The maximum Gasteiger partial charge on any atom is 0.165 e. The first kappa shape index (κ1) is 18.6. The van der Waals surface area contributed by atoms with Crippen LogP contribution in [-0.4, -0.2) is 10.4 Å². The van der Waals surface area contributed by atoms with Gasteiger partial charge < -0.3 is 4.57 Å². The van der Waals surface area contributed by atoms with Crippen molar-refractivity contribution in [3.8, 4) is 0 Å². The van der Waals surface area contributed by atoms with Crippen LogP contribution < -0.4 is 0 Å². The molecule has 2 heterocycles. The summed E-state index contributed by atoms with van der Waals surface area (Å²) in [7, 11) is 0. The van der Waals surface area contributed by atoms with Gasteiger partial charge in [0.1, 0.15) is 0 Å². The van der Waals surface area contributed by atoms with Crippen molar-refractivity contribution < 1.29 is 13.6 Å². The second kappa shape index (κ2) is 7.68. The first-order valence-corrected chi connectivity index (χ1v) is 10.00. The third kappa shape index (κ3) is 3.50. The summed E-state index contributed by atoms with van der Waals surface area (Å²) < 4.78 is 28.7. The number of benzene rings is 2. The first-order chi connectivity index (χ1) is 13.5. The molecule has 2 aromatic heterocycles. The van der Waals surface area contributed by atoms with Crippen molar-refractivity contribution in [2.24, 2.45) is 0 Å². The maximum absolute atomic E-state index is 13.4. The number of ketones is 1. The van der Waals surface area contributed by atoms with Crippen LogP contribution in [0.15, 0.2) is 60.0 Å². The number of fused-ring (bicyclic) bond motifs is 1. The summed E-state index contributed by atoms with van der Waals surface area (Å²) in [6, 6.07) is 15.8. The van der Waals surface area contributed by atoms with Crippen LogP contribution >= 0.6 is 11.3 Å². The number of halogens is 2. The molecule has 0 aliphatic rings. The summed E-state index contributed by atoms with van der Waals surface area (Å²) in [5.41, 5.74) is 3.30. The molecule has 0 saturated carbocycles. The van der Waals surface area contributed by atoms with Crippen molar-refractivity contribution in [2.45, 2.75) is 26.3 Å². The van der Waals surface area contributed by atoms with E-state index >= 15 is 0 Å². The molecule has 2 aromatic carbocycles. The summed E-state index contributed by atoms with van der Waals surface area (Å²) in [5.74, 6) is -1.74. The van der Waals surface area contributed by atoms with Gasteiger partial charge in [0.2, 0.25) is 0 Å². The van der Waals surface area contributed by atoms with E-state index in [-0.39, 0.29) is 12.2 Å². The summed E-state index contributed by atoms with van der Waals surface area (Å²) >= 11 is 1.69. The van der Waals surface area contributed by atoms with Gasteiger partial charge in [-0.05, 0) is 48.6 Å². The number of Topliss-reactive ketones (excluding diaryl/α,β-unsaturated/α-hetero) is 1. The number of thiophene rings is 1. The molecule has 28 heavy (non-hydrogen) atoms. The van der Waals surface area contributed by atoms with Gasteiger partial charge in [0.15, 0.2) is 17.4 Å². The van der Waals surface area contributed by atoms with Gasteiger partial charge in [0.25, 0.3) is 0 Å². The standard InChI is InChI=1S/C23H19F2NOS/c1-15-23(22(27)11-9-16-8-10-19(24)20(25)13-16)18-6-2-3-7-21(18)26(15)14-17-5-4-12-28-17/h2-8,10,12-13H,9,11,14H2,1H3. The number of hydrogen-bond donors (Lipinski definition) is 0. The van der Waals surface area contributed by atoms with E-state index in [1.807, 2.05) is 42.6 Å². The van der Waals surface area contributed by atoms with Gasteiger partial charge in [-0.15, -0.1) is 11.3 Å². The molecule has 2 nitrogen and oxygen atoms in total. The average Bonchev–Trinajstić information content (AvgIpc) is 3.30. The molecule has 0 unspecified atom stereocenters. The lowest BCUT2D eigenvalue weighted by Gasteiger charge is -2.07. The highest BCUT2D eigenvalue weighted by Crippen LogP contribution is 2.29. The van der Waals surface area contributed by atoms with Gasteiger partial charge >= 0.3 is 0 Å². The molecule has 0 N–H and O–H groups in total. The fraction of sp³-hybridized carbons (Fsp3) is 0.174. The molecule has 0 bridgehead atoms. The van der Waals surface area contributed by atoms with Gasteiger partial charge in [0.05, 0.1) is 6.54 Å². The molecular weight excluding hydrogens is 376 g/mol. The molecule has 0 spiro atoms. The minimum Gasteiger partial charge on any atom is -0.339 e. The van der Waals surface area contributed by atoms with Crippen LogP contribution in [0.4, 0.5) is 8.78 Å². The Labute approximate surface area is 166 Å². The van der Waals surface area contributed by atoms with Gasteiger partial charge in [-0.3, -0.25) is 4.79 Å². The predicted octanol–water partition coefficient (Wildman–Crippen LogP) is 6.15. The Morgan fingerprint density at radius 3 is 2.61 bits per heavy atom. The summed E-state index contributed by atoms with van der Waals surface area (Å²) in [6.07, 6.45) is 0.624. The van der Waals surface area contributed by atoms with Crippen molar-refractivity contribution in [2.75, 3.05) is 0 Å². The fourth-order valence-electron chi connectivity index (χ4n) is 3.62. The second-order valence-corrected chi connectivity index (χ2v) is 7.85. The van der Waals surface area contributed by atoms with Crippen molar-refractivity contribution in [3.05, 3.63) is 93.3 Å². The quantitative estimate of drug-likeness (QED) is 0.359. The Morgan fingerprint density at radius 2 is 1.86 bits per heavy atom. The Morgan fingerprint density at radius 1 is 1.04 bits per heavy atom. The van der Waals surface area contributed by atoms with E-state index in [1.54, 1.807) is 11.3 Å². The van der Waals surface area contributed by atoms with Crippen LogP contribution in [0, 0.1) is 18.6 Å². The van der Waals surface area contributed by atoms with E-state index in [0.29, 0.717) is 12.0 Å². The van der Waals surface area contributed by atoms with Crippen molar-refractivity contribution >= 4 is 28.0 Å². The highest BCUT2D eigenvalue weighted by molar-refractivity contribution is 7.09. The molecule has 0 aliphatic carbocycles. The Bertz CT molecular complexity index is 1150. The smallest absolute Gasteiger partial charge is 0.165 e. The van der Waals surface area contributed by atoms with E-state index in [0.717, 1.165) is 40.8 Å². The topological polar surface area (TPSA) is 22.0 Å². The van der Waals surface area contributed by atoms with E-state index in [2.05, 4.69) is 10.6 Å². The van der Waals surface area contributed by atoms with Crippen LogP contribution in [0.5, 0.6) is 0 Å². The van der Waals surface area contributed by atoms with Crippen LogP contribution in [0.1, 0.15) is 32.9 Å². The number of nitrogens with zero attached hydrogens (tertiary/aromatic N) is 1. The van der Waals surface area contributed by atoms with Crippen molar-refractivity contribution in [1.82, 2.24) is 4.57 Å². The van der Waals surface area contributed by atoms with Gasteiger partial charge in [0, 0.05) is 33.5 Å². The third-order valence-electron chi connectivity index (χ3n) is 5.03. The number of carbonyl (C=O) groups is 1. The van der Waals surface area contributed by atoms with Gasteiger partial charge in [-0.25, -0.2) is 8.78 Å². The molecule has 0 amide bonds. The summed E-state index contributed by atoms with van der Waals surface area (Å²) in [6.45, 7) is 2.69. The zero-order valence-electron chi connectivity index (χ0n) is 15.4. The maximum atomic E-state index is 13.4. The number of hydrogen-bond acceptors (Lipinski definition) is 2. The molecule has 4 rings (SSSR count). The van der Waals surface area contributed by atoms with Crippen molar-refractivity contribution in [3.63, 3.8) is 0 Å². The van der Waals surface area contributed by atoms with E-state index in [1.165, 1.54) is 10.9 Å². The number of rotatable bonds is 6. The fourth-order valence-corrected chi connectivity index (χ4v) is 4.32. The lowest BCUT2D eigenvalue weighted by molar-refractivity contribution is 0.0983. The Balaban J connectivity index is 1.64. The molecule has 0 fully saturated rings. The molecule has 0 saturated heterocycles. The van der Waals surface area contributed by atoms with Crippen LogP contribution in [0.25, 0.3) is 10.9 Å². The zero-order chi connectivity index (χ0) is 19.7. The normalized spacial score (nSPS) is 11.2. The van der Waals surface area contributed by atoms with Gasteiger partial charge in [-0.1, -0.05) is 30.3 Å². The van der Waals surface area contributed by atoms with Gasteiger partial charge in [-0.2, -0.15) is 0 Å². The summed E-state index contributed by atoms with van der Waals surface area (Å²) in [5, 5.41) is 2.98. The lowest BCUT2D eigenvalue weighted by Crippen LogP contribution is -2.06. The third-order valence-corrected chi connectivity index (χ3v) is 5.89. The largest absolute Gasteiger partial charge is 0.339 e. The predicted molar refractivity (Wildman–Crippen MR) is 109 cm³/mol.